The first-order chi connectivity index (χ1) is 10.6. The van der Waals surface area contributed by atoms with Crippen LogP contribution in [0, 0.1) is 12.8 Å². The zero-order chi connectivity index (χ0) is 15.5. The first-order valence-corrected chi connectivity index (χ1v) is 8.76. The quantitative estimate of drug-likeness (QED) is 0.889. The van der Waals surface area contributed by atoms with Gasteiger partial charge in [-0.1, -0.05) is 26.3 Å². The predicted octanol–water partition coefficient (Wildman–Crippen LogP) is 4.08. The Labute approximate surface area is 134 Å². The fourth-order valence-corrected chi connectivity index (χ4v) is 3.57. The lowest BCUT2D eigenvalue weighted by Crippen LogP contribution is -2.51. The smallest absolute Gasteiger partial charge is 0.161 e. The van der Waals surface area contributed by atoms with Crippen molar-refractivity contribution in [1.29, 1.82) is 0 Å². The molecule has 0 saturated carbocycles. The molecule has 0 spiro atoms. The fourth-order valence-electron chi connectivity index (χ4n) is 3.57. The predicted molar refractivity (Wildman–Crippen MR) is 89.7 cm³/mol. The van der Waals surface area contributed by atoms with Gasteiger partial charge in [0.05, 0.1) is 6.61 Å². The van der Waals surface area contributed by atoms with E-state index in [1.54, 1.807) is 0 Å². The minimum atomic E-state index is 0.320. The van der Waals surface area contributed by atoms with Gasteiger partial charge in [0, 0.05) is 12.1 Å². The Bertz CT molecular complexity index is 488. The van der Waals surface area contributed by atoms with Crippen molar-refractivity contribution in [2.24, 2.45) is 5.92 Å². The maximum atomic E-state index is 6.35. The average molecular weight is 303 g/mol. The molecule has 22 heavy (non-hydrogen) atoms. The molecule has 1 aromatic carbocycles. The summed E-state index contributed by atoms with van der Waals surface area (Å²) in [7, 11) is 0. The van der Waals surface area contributed by atoms with Crippen LogP contribution in [0.3, 0.4) is 0 Å². The second-order valence-electron chi connectivity index (χ2n) is 7.36. The van der Waals surface area contributed by atoms with E-state index in [1.165, 1.54) is 24.8 Å². The first kappa shape index (κ1) is 15.7. The Morgan fingerprint density at radius 1 is 1.14 bits per heavy atom. The van der Waals surface area contributed by atoms with E-state index in [-0.39, 0.29) is 0 Å². The Hall–Kier alpha value is -1.22. The summed E-state index contributed by atoms with van der Waals surface area (Å²) in [5.41, 5.74) is 1.22. The molecule has 2 bridgehead atoms. The van der Waals surface area contributed by atoms with Gasteiger partial charge >= 0.3 is 0 Å². The molecule has 2 heterocycles. The Morgan fingerprint density at radius 2 is 1.86 bits per heavy atom. The van der Waals surface area contributed by atoms with Crippen molar-refractivity contribution in [3.63, 3.8) is 0 Å². The first-order valence-electron chi connectivity index (χ1n) is 8.76. The number of rotatable bonds is 5. The number of piperidine rings is 2. The topological polar surface area (TPSA) is 30.5 Å². The van der Waals surface area contributed by atoms with Gasteiger partial charge < -0.3 is 14.8 Å². The van der Waals surface area contributed by atoms with Gasteiger partial charge in [0.1, 0.15) is 6.10 Å². The maximum absolute atomic E-state index is 6.35. The van der Waals surface area contributed by atoms with Crippen molar-refractivity contribution in [2.75, 3.05) is 6.61 Å². The average Bonchev–Trinajstić information content (AvgIpc) is 2.47. The van der Waals surface area contributed by atoms with Gasteiger partial charge in [0.25, 0.3) is 0 Å². The molecule has 0 radical (unpaired) electrons. The van der Waals surface area contributed by atoms with Crippen LogP contribution >= 0.6 is 0 Å². The summed E-state index contributed by atoms with van der Waals surface area (Å²) in [5, 5.41) is 3.72. The summed E-state index contributed by atoms with van der Waals surface area (Å²) in [6.45, 7) is 7.17. The van der Waals surface area contributed by atoms with Gasteiger partial charge in [-0.25, -0.2) is 0 Å². The number of ether oxygens (including phenoxy) is 2. The van der Waals surface area contributed by atoms with E-state index in [1.807, 2.05) is 0 Å². The molecule has 2 aliphatic rings. The van der Waals surface area contributed by atoms with E-state index in [0.29, 0.717) is 24.1 Å². The molecule has 0 aliphatic carbocycles. The lowest BCUT2D eigenvalue weighted by Gasteiger charge is -2.40. The molecule has 122 valence electrons. The molecule has 3 rings (SSSR count). The van der Waals surface area contributed by atoms with E-state index in [2.05, 4.69) is 44.3 Å². The van der Waals surface area contributed by atoms with Gasteiger partial charge in [-0.2, -0.15) is 0 Å². The second kappa shape index (κ2) is 6.91. The molecule has 2 aliphatic heterocycles. The summed E-state index contributed by atoms with van der Waals surface area (Å²) in [4.78, 5) is 0. The molecule has 3 atom stereocenters. The second-order valence-corrected chi connectivity index (χ2v) is 7.36. The van der Waals surface area contributed by atoms with Crippen LogP contribution in [0.1, 0.15) is 51.5 Å². The van der Waals surface area contributed by atoms with E-state index < -0.39 is 0 Å². The number of fused-ring (bicyclic) bond motifs is 2. The zero-order valence-electron chi connectivity index (χ0n) is 14.1. The molecule has 3 heteroatoms. The molecule has 3 nitrogen and oxygen atoms in total. The van der Waals surface area contributed by atoms with Gasteiger partial charge in [-0.15, -0.1) is 0 Å². The minimum absolute atomic E-state index is 0.320. The fraction of sp³-hybridized carbons (Fsp3) is 0.684. The van der Waals surface area contributed by atoms with Crippen molar-refractivity contribution in [3.05, 3.63) is 23.8 Å². The van der Waals surface area contributed by atoms with Gasteiger partial charge in [0.2, 0.25) is 0 Å². The molecule has 1 aromatic rings. The van der Waals surface area contributed by atoms with Crippen LogP contribution in [0.5, 0.6) is 11.5 Å². The molecular formula is C19H29NO2. The highest BCUT2D eigenvalue weighted by molar-refractivity contribution is 5.42. The number of benzene rings is 1. The van der Waals surface area contributed by atoms with Crippen molar-refractivity contribution in [2.45, 2.75) is 71.1 Å². The summed E-state index contributed by atoms with van der Waals surface area (Å²) in [6.07, 6.45) is 6.51. The highest BCUT2D eigenvalue weighted by atomic mass is 16.5. The van der Waals surface area contributed by atoms with E-state index >= 15 is 0 Å². The normalized spacial score (nSPS) is 27.7. The van der Waals surface area contributed by atoms with Crippen molar-refractivity contribution in [1.82, 2.24) is 5.32 Å². The minimum Gasteiger partial charge on any atom is -0.489 e. The maximum Gasteiger partial charge on any atom is 0.161 e. The molecule has 2 fully saturated rings. The lowest BCUT2D eigenvalue weighted by molar-refractivity contribution is 0.0887. The molecule has 2 saturated heterocycles. The number of aryl methyl sites for hydroxylation is 1. The molecule has 0 amide bonds. The third-order valence-corrected chi connectivity index (χ3v) is 4.64. The molecule has 1 unspecified atom stereocenters. The Balaban J connectivity index is 1.68. The highest BCUT2D eigenvalue weighted by Gasteiger charge is 2.32. The van der Waals surface area contributed by atoms with Crippen molar-refractivity contribution >= 4 is 0 Å². The van der Waals surface area contributed by atoms with Crippen LogP contribution in [-0.2, 0) is 0 Å². The van der Waals surface area contributed by atoms with E-state index in [4.69, 9.17) is 9.47 Å². The van der Waals surface area contributed by atoms with Crippen molar-refractivity contribution < 1.29 is 9.47 Å². The summed E-state index contributed by atoms with van der Waals surface area (Å²) < 4.78 is 12.3. The summed E-state index contributed by atoms with van der Waals surface area (Å²) in [5.74, 6) is 2.33. The summed E-state index contributed by atoms with van der Waals surface area (Å²) >= 11 is 0. The number of hydrogen-bond acceptors (Lipinski definition) is 3. The van der Waals surface area contributed by atoms with Crippen molar-refractivity contribution in [3.8, 4) is 11.5 Å². The Morgan fingerprint density at radius 3 is 2.55 bits per heavy atom. The van der Waals surface area contributed by atoms with Crippen LogP contribution < -0.4 is 14.8 Å². The van der Waals surface area contributed by atoms with Gasteiger partial charge in [-0.05, 0) is 56.2 Å². The van der Waals surface area contributed by atoms with E-state index in [0.717, 1.165) is 30.9 Å². The third kappa shape index (κ3) is 3.95. The van der Waals surface area contributed by atoms with Crippen LogP contribution in [0.4, 0.5) is 0 Å². The van der Waals surface area contributed by atoms with Crippen LogP contribution in [0.25, 0.3) is 0 Å². The largest absolute Gasteiger partial charge is 0.489 e. The highest BCUT2D eigenvalue weighted by Crippen LogP contribution is 2.33. The van der Waals surface area contributed by atoms with Gasteiger partial charge in [-0.3, -0.25) is 0 Å². The number of nitrogens with one attached hydrogen (secondary N) is 1. The third-order valence-electron chi connectivity index (χ3n) is 4.64. The van der Waals surface area contributed by atoms with Gasteiger partial charge in [0.15, 0.2) is 11.5 Å². The zero-order valence-corrected chi connectivity index (χ0v) is 14.1. The molecule has 1 N–H and O–H groups in total. The van der Waals surface area contributed by atoms with Crippen LogP contribution in [-0.4, -0.2) is 24.8 Å². The van der Waals surface area contributed by atoms with Crippen LogP contribution in [0.15, 0.2) is 18.2 Å². The van der Waals surface area contributed by atoms with E-state index in [9.17, 15) is 0 Å². The SMILES string of the molecule is Cc1ccc(OC2C[C@H]3CCC[C@@H](C2)N3)c(OCC(C)C)c1. The summed E-state index contributed by atoms with van der Waals surface area (Å²) in [6, 6.07) is 7.56. The molecular weight excluding hydrogens is 274 g/mol. The monoisotopic (exact) mass is 303 g/mol. The number of hydrogen-bond donors (Lipinski definition) is 1. The standard InChI is InChI=1S/C19H29NO2/c1-13(2)12-21-19-9-14(3)7-8-18(19)22-17-10-15-5-4-6-16(11-17)20-15/h7-9,13,15-17,20H,4-6,10-12H2,1-3H3/t15-,16+,17?. The van der Waals surface area contributed by atoms with Crippen LogP contribution in [0.2, 0.25) is 0 Å². The lowest BCUT2D eigenvalue weighted by atomic mass is 9.85. The molecule has 0 aromatic heterocycles. The Kier molecular flexibility index (Phi) is 4.92.